The molecule has 3 unspecified atom stereocenters. The topological polar surface area (TPSA) is 0 Å². The summed E-state index contributed by atoms with van der Waals surface area (Å²) in [5.41, 5.74) is 0.719. The first-order chi connectivity index (χ1) is 4.11. The molecule has 0 spiro atoms. The van der Waals surface area contributed by atoms with Crippen molar-refractivity contribution in [1.29, 1.82) is 0 Å². The molecule has 2 rings (SSSR count). The van der Waals surface area contributed by atoms with Gasteiger partial charge in [0.15, 0.2) is 0 Å². The van der Waals surface area contributed by atoms with Gasteiger partial charge in [-0.2, -0.15) is 0 Å². The Morgan fingerprint density at radius 3 is 2.11 bits per heavy atom. The molecule has 2 saturated carbocycles. The molecule has 2 aliphatic carbocycles. The zero-order valence-corrected chi connectivity index (χ0v) is 6.65. The average Bonchev–Trinajstić information content (AvgIpc) is 1.78. The molecule has 2 fully saturated rings. The van der Waals surface area contributed by atoms with Crippen molar-refractivity contribution in [3.63, 3.8) is 0 Å². The average molecular weight is 124 g/mol. The van der Waals surface area contributed by atoms with Crippen LogP contribution in [0.25, 0.3) is 0 Å². The SMILES string of the molecule is CC1CC2C1CC2(C)C. The van der Waals surface area contributed by atoms with Crippen molar-refractivity contribution in [1.82, 2.24) is 0 Å². The first-order valence-electron chi connectivity index (χ1n) is 4.11. The third-order valence-corrected chi connectivity index (χ3v) is 3.64. The van der Waals surface area contributed by atoms with Gasteiger partial charge >= 0.3 is 0 Å². The van der Waals surface area contributed by atoms with Gasteiger partial charge in [0.1, 0.15) is 0 Å². The van der Waals surface area contributed by atoms with Crippen molar-refractivity contribution in [2.24, 2.45) is 23.2 Å². The summed E-state index contributed by atoms with van der Waals surface area (Å²) in [7, 11) is 0. The minimum Gasteiger partial charge on any atom is -0.0622 e. The van der Waals surface area contributed by atoms with E-state index >= 15 is 0 Å². The van der Waals surface area contributed by atoms with Gasteiger partial charge in [0.2, 0.25) is 0 Å². The summed E-state index contributed by atoms with van der Waals surface area (Å²) in [6.45, 7) is 7.23. The molecule has 0 saturated heterocycles. The third kappa shape index (κ3) is 0.544. The van der Waals surface area contributed by atoms with E-state index in [4.69, 9.17) is 0 Å². The standard InChI is InChI=1S/C9H16/c1-6-4-8-7(6)5-9(8,2)3/h6-8H,4-5H2,1-3H3. The normalized spacial score (nSPS) is 53.0. The predicted molar refractivity (Wildman–Crippen MR) is 39.2 cm³/mol. The molecular formula is C9H16. The minimum atomic E-state index is 0.719. The van der Waals surface area contributed by atoms with Gasteiger partial charge in [-0.3, -0.25) is 0 Å². The van der Waals surface area contributed by atoms with E-state index in [0.29, 0.717) is 0 Å². The quantitative estimate of drug-likeness (QED) is 0.465. The molecule has 0 heterocycles. The largest absolute Gasteiger partial charge is 0.0622 e. The molecule has 0 nitrogen and oxygen atoms in total. The van der Waals surface area contributed by atoms with Crippen LogP contribution in [0.15, 0.2) is 0 Å². The zero-order chi connectivity index (χ0) is 6.65. The Morgan fingerprint density at radius 1 is 1.33 bits per heavy atom. The van der Waals surface area contributed by atoms with E-state index < -0.39 is 0 Å². The molecule has 0 aromatic rings. The van der Waals surface area contributed by atoms with E-state index in [1.54, 1.807) is 0 Å². The van der Waals surface area contributed by atoms with Gasteiger partial charge in [0.05, 0.1) is 0 Å². The van der Waals surface area contributed by atoms with Crippen LogP contribution < -0.4 is 0 Å². The molecule has 9 heavy (non-hydrogen) atoms. The number of rotatable bonds is 0. The van der Waals surface area contributed by atoms with Gasteiger partial charge in [-0.05, 0) is 36.0 Å². The molecule has 52 valence electrons. The molecule has 0 N–H and O–H groups in total. The van der Waals surface area contributed by atoms with Crippen molar-refractivity contribution in [2.45, 2.75) is 33.6 Å². The van der Waals surface area contributed by atoms with Crippen molar-refractivity contribution < 1.29 is 0 Å². The van der Waals surface area contributed by atoms with Crippen LogP contribution in [0.1, 0.15) is 33.6 Å². The van der Waals surface area contributed by atoms with Crippen LogP contribution >= 0.6 is 0 Å². The minimum absolute atomic E-state index is 0.719. The van der Waals surface area contributed by atoms with Gasteiger partial charge in [-0.15, -0.1) is 0 Å². The van der Waals surface area contributed by atoms with Crippen molar-refractivity contribution in [3.8, 4) is 0 Å². The lowest BCUT2D eigenvalue weighted by atomic mass is 9.42. The van der Waals surface area contributed by atoms with E-state index in [1.807, 2.05) is 0 Å². The lowest BCUT2D eigenvalue weighted by Gasteiger charge is -2.63. The summed E-state index contributed by atoms with van der Waals surface area (Å²) >= 11 is 0. The predicted octanol–water partition coefficient (Wildman–Crippen LogP) is 2.69. The lowest BCUT2D eigenvalue weighted by molar-refractivity contribution is -0.134. The van der Waals surface area contributed by atoms with Crippen molar-refractivity contribution in [3.05, 3.63) is 0 Å². The highest BCUT2D eigenvalue weighted by atomic mass is 14.6. The van der Waals surface area contributed by atoms with Gasteiger partial charge in [-0.1, -0.05) is 20.8 Å². The Hall–Kier alpha value is 0. The van der Waals surface area contributed by atoms with Crippen molar-refractivity contribution >= 4 is 0 Å². The van der Waals surface area contributed by atoms with Crippen LogP contribution in [-0.4, -0.2) is 0 Å². The molecule has 0 aliphatic heterocycles. The Bertz CT molecular complexity index is 135. The van der Waals surface area contributed by atoms with E-state index in [9.17, 15) is 0 Å². The van der Waals surface area contributed by atoms with Crippen LogP contribution in [0.2, 0.25) is 0 Å². The maximum Gasteiger partial charge on any atom is -0.0320 e. The Morgan fingerprint density at radius 2 is 2.00 bits per heavy atom. The fourth-order valence-electron chi connectivity index (χ4n) is 2.79. The van der Waals surface area contributed by atoms with Crippen LogP contribution in [0.4, 0.5) is 0 Å². The number of hydrogen-bond donors (Lipinski definition) is 0. The molecule has 0 aromatic carbocycles. The summed E-state index contributed by atoms with van der Waals surface area (Å²) in [4.78, 5) is 0. The highest BCUT2D eigenvalue weighted by molar-refractivity contribution is 5.05. The molecule has 0 aromatic heterocycles. The lowest BCUT2D eigenvalue weighted by Crippen LogP contribution is -2.55. The smallest absolute Gasteiger partial charge is 0.0320 e. The molecule has 0 amide bonds. The highest BCUT2D eigenvalue weighted by Crippen LogP contribution is 2.64. The van der Waals surface area contributed by atoms with Crippen LogP contribution in [0.5, 0.6) is 0 Å². The molecular weight excluding hydrogens is 108 g/mol. The Kier molecular flexibility index (Phi) is 0.868. The van der Waals surface area contributed by atoms with Crippen LogP contribution in [0.3, 0.4) is 0 Å². The van der Waals surface area contributed by atoms with Gasteiger partial charge in [-0.25, -0.2) is 0 Å². The second-order valence-electron chi connectivity index (χ2n) is 4.68. The highest BCUT2D eigenvalue weighted by Gasteiger charge is 2.55. The molecule has 0 heteroatoms. The first-order valence-corrected chi connectivity index (χ1v) is 4.11. The number of fused-ring (bicyclic) bond motifs is 1. The Labute approximate surface area is 57.6 Å². The van der Waals surface area contributed by atoms with Crippen molar-refractivity contribution in [2.75, 3.05) is 0 Å². The van der Waals surface area contributed by atoms with Gasteiger partial charge < -0.3 is 0 Å². The zero-order valence-electron chi connectivity index (χ0n) is 6.65. The summed E-state index contributed by atoms with van der Waals surface area (Å²) in [5.74, 6) is 3.29. The Balaban J connectivity index is 2.02. The van der Waals surface area contributed by atoms with E-state index in [1.165, 1.54) is 12.8 Å². The van der Waals surface area contributed by atoms with Crippen LogP contribution in [0, 0.1) is 23.2 Å². The summed E-state index contributed by atoms with van der Waals surface area (Å²) in [6, 6.07) is 0. The third-order valence-electron chi connectivity index (χ3n) is 3.64. The maximum absolute atomic E-state index is 2.42. The maximum atomic E-state index is 2.42. The summed E-state index contributed by atoms with van der Waals surface area (Å²) in [5, 5.41) is 0. The van der Waals surface area contributed by atoms with E-state index in [2.05, 4.69) is 20.8 Å². The fourth-order valence-corrected chi connectivity index (χ4v) is 2.79. The number of hydrogen-bond acceptors (Lipinski definition) is 0. The monoisotopic (exact) mass is 124 g/mol. The van der Waals surface area contributed by atoms with Gasteiger partial charge in [0, 0.05) is 0 Å². The first kappa shape index (κ1) is 5.76. The van der Waals surface area contributed by atoms with Gasteiger partial charge in [0.25, 0.3) is 0 Å². The molecule has 3 atom stereocenters. The second kappa shape index (κ2) is 1.36. The summed E-state index contributed by atoms with van der Waals surface area (Å²) in [6.07, 6.45) is 3.01. The van der Waals surface area contributed by atoms with E-state index in [0.717, 1.165) is 23.2 Å². The fraction of sp³-hybridized carbons (Fsp3) is 1.00. The van der Waals surface area contributed by atoms with E-state index in [-0.39, 0.29) is 0 Å². The molecule has 0 bridgehead atoms. The summed E-state index contributed by atoms with van der Waals surface area (Å²) < 4.78 is 0. The van der Waals surface area contributed by atoms with Crippen LogP contribution in [-0.2, 0) is 0 Å². The molecule has 0 radical (unpaired) electrons. The second-order valence-corrected chi connectivity index (χ2v) is 4.68. The molecule has 2 aliphatic rings.